The van der Waals surface area contributed by atoms with Gasteiger partial charge < -0.3 is 28.7 Å². The Kier molecular flexibility index (Phi) is 6.69. The standard InChI is InChI=1S/C24H23N3O8/c1-13(2)33-24(28)35-23-17(12-31-3)22-16-9-15(5-7-18(16)26-19(22)11-25-23)34-21-8-6-14(32-4)10-20(21)27(29)30/h5-11,13,26H,12H2,1-4H3. The maximum atomic E-state index is 12.1. The van der Waals surface area contributed by atoms with Crippen molar-refractivity contribution < 1.29 is 33.4 Å². The number of rotatable bonds is 8. The SMILES string of the molecule is COCc1c(OC(=O)OC(C)C)ncc2[nH]c3ccc(Oc4ccc(OC)cc4[N+](=O)[O-])cc3c12. The highest BCUT2D eigenvalue weighted by Gasteiger charge is 2.21. The Hall–Kier alpha value is -4.38. The number of nitro groups is 1. The fourth-order valence-corrected chi connectivity index (χ4v) is 3.63. The number of nitrogens with zero attached hydrogens (tertiary/aromatic N) is 2. The zero-order valence-electron chi connectivity index (χ0n) is 19.5. The Morgan fingerprint density at radius 3 is 2.57 bits per heavy atom. The number of aromatic nitrogens is 2. The topological polar surface area (TPSA) is 135 Å². The van der Waals surface area contributed by atoms with Gasteiger partial charge in [-0.05, 0) is 44.2 Å². The van der Waals surface area contributed by atoms with E-state index in [4.69, 9.17) is 23.7 Å². The van der Waals surface area contributed by atoms with Gasteiger partial charge in [0.2, 0.25) is 11.6 Å². The molecule has 0 aliphatic heterocycles. The second-order valence-electron chi connectivity index (χ2n) is 7.81. The molecule has 0 atom stereocenters. The molecule has 2 aromatic heterocycles. The van der Waals surface area contributed by atoms with Crippen molar-refractivity contribution in [1.82, 2.24) is 9.97 Å². The number of pyridine rings is 1. The molecule has 4 aromatic rings. The first-order valence-electron chi connectivity index (χ1n) is 10.6. The summed E-state index contributed by atoms with van der Waals surface area (Å²) in [6.45, 7) is 3.53. The van der Waals surface area contributed by atoms with Crippen LogP contribution in [0.2, 0.25) is 0 Å². The number of H-pyrrole nitrogens is 1. The lowest BCUT2D eigenvalue weighted by Gasteiger charge is -2.12. The molecule has 0 radical (unpaired) electrons. The Bertz CT molecular complexity index is 1410. The average Bonchev–Trinajstić information content (AvgIpc) is 3.18. The van der Waals surface area contributed by atoms with E-state index in [1.165, 1.54) is 26.4 Å². The Labute approximate surface area is 199 Å². The minimum atomic E-state index is -0.875. The molecule has 182 valence electrons. The van der Waals surface area contributed by atoms with E-state index in [-0.39, 0.29) is 30.0 Å². The lowest BCUT2D eigenvalue weighted by atomic mass is 10.1. The van der Waals surface area contributed by atoms with Crippen molar-refractivity contribution >= 4 is 33.6 Å². The lowest BCUT2D eigenvalue weighted by Crippen LogP contribution is -2.17. The average molecular weight is 481 g/mol. The van der Waals surface area contributed by atoms with Crippen LogP contribution in [0.15, 0.2) is 42.6 Å². The van der Waals surface area contributed by atoms with Gasteiger partial charge in [-0.2, -0.15) is 0 Å². The number of hydrogen-bond acceptors (Lipinski definition) is 9. The fourth-order valence-electron chi connectivity index (χ4n) is 3.63. The number of carbonyl (C=O) groups is 1. The molecular weight excluding hydrogens is 458 g/mol. The minimum absolute atomic E-state index is 0.0583. The van der Waals surface area contributed by atoms with E-state index in [1.54, 1.807) is 44.3 Å². The van der Waals surface area contributed by atoms with Crippen LogP contribution in [0.1, 0.15) is 19.4 Å². The van der Waals surface area contributed by atoms with Crippen LogP contribution in [0.25, 0.3) is 21.8 Å². The molecule has 2 aromatic carbocycles. The molecule has 0 saturated carbocycles. The van der Waals surface area contributed by atoms with Gasteiger partial charge in [-0.3, -0.25) is 10.1 Å². The largest absolute Gasteiger partial charge is 0.515 e. The molecule has 0 amide bonds. The maximum Gasteiger partial charge on any atom is 0.515 e. The number of ether oxygens (including phenoxy) is 5. The first-order chi connectivity index (χ1) is 16.8. The summed E-state index contributed by atoms with van der Waals surface area (Å²) in [5.74, 6) is 0.835. The van der Waals surface area contributed by atoms with E-state index in [1.807, 2.05) is 0 Å². The summed E-state index contributed by atoms with van der Waals surface area (Å²) in [7, 11) is 2.94. The van der Waals surface area contributed by atoms with Gasteiger partial charge >= 0.3 is 11.8 Å². The first kappa shape index (κ1) is 23.8. The number of nitrogens with one attached hydrogen (secondary N) is 1. The quantitative estimate of drug-likeness (QED) is 0.197. The molecule has 0 aliphatic carbocycles. The number of fused-ring (bicyclic) bond motifs is 3. The Morgan fingerprint density at radius 1 is 1.11 bits per heavy atom. The number of methoxy groups -OCH3 is 2. The van der Waals surface area contributed by atoms with Crippen LogP contribution < -0.4 is 14.2 Å². The van der Waals surface area contributed by atoms with Gasteiger partial charge in [0, 0.05) is 23.4 Å². The normalized spacial score (nSPS) is 11.1. The van der Waals surface area contributed by atoms with E-state index in [9.17, 15) is 14.9 Å². The van der Waals surface area contributed by atoms with Crippen molar-refractivity contribution in [3.63, 3.8) is 0 Å². The van der Waals surface area contributed by atoms with Gasteiger partial charge in [0.05, 0.1) is 48.1 Å². The Morgan fingerprint density at radius 2 is 1.89 bits per heavy atom. The van der Waals surface area contributed by atoms with Crippen LogP contribution in [0, 0.1) is 10.1 Å². The molecule has 35 heavy (non-hydrogen) atoms. The van der Waals surface area contributed by atoms with Gasteiger partial charge in [0.15, 0.2) is 0 Å². The van der Waals surface area contributed by atoms with Crippen LogP contribution in [0.3, 0.4) is 0 Å². The maximum absolute atomic E-state index is 12.1. The summed E-state index contributed by atoms with van der Waals surface area (Å²) >= 11 is 0. The number of carbonyl (C=O) groups excluding carboxylic acids is 1. The highest BCUT2D eigenvalue weighted by Crippen LogP contribution is 2.38. The molecule has 1 N–H and O–H groups in total. The minimum Gasteiger partial charge on any atom is -0.496 e. The molecule has 0 fully saturated rings. The molecule has 0 aliphatic rings. The van der Waals surface area contributed by atoms with Gasteiger partial charge in [0.1, 0.15) is 11.5 Å². The van der Waals surface area contributed by atoms with E-state index in [2.05, 4.69) is 9.97 Å². The van der Waals surface area contributed by atoms with Crippen LogP contribution >= 0.6 is 0 Å². The third kappa shape index (κ3) is 4.94. The summed E-state index contributed by atoms with van der Waals surface area (Å²) in [4.78, 5) is 30.6. The van der Waals surface area contributed by atoms with E-state index in [0.717, 1.165) is 10.9 Å². The summed E-state index contributed by atoms with van der Waals surface area (Å²) in [6, 6.07) is 9.55. The van der Waals surface area contributed by atoms with Gasteiger partial charge in [-0.15, -0.1) is 0 Å². The van der Waals surface area contributed by atoms with Crippen molar-refractivity contribution in [2.75, 3.05) is 14.2 Å². The summed E-state index contributed by atoms with van der Waals surface area (Å²) in [5.41, 5.74) is 1.75. The molecular formula is C24H23N3O8. The number of nitro benzene ring substituents is 1. The molecule has 0 bridgehead atoms. The van der Waals surface area contributed by atoms with Crippen LogP contribution in [0.4, 0.5) is 10.5 Å². The third-order valence-corrected chi connectivity index (χ3v) is 5.06. The lowest BCUT2D eigenvalue weighted by molar-refractivity contribution is -0.385. The fraction of sp³-hybridized carbons (Fsp3) is 0.250. The monoisotopic (exact) mass is 481 g/mol. The zero-order chi connectivity index (χ0) is 25.1. The molecule has 11 nitrogen and oxygen atoms in total. The van der Waals surface area contributed by atoms with Crippen molar-refractivity contribution in [3.8, 4) is 23.1 Å². The van der Waals surface area contributed by atoms with Crippen molar-refractivity contribution in [2.24, 2.45) is 0 Å². The van der Waals surface area contributed by atoms with Crippen LogP contribution in [-0.2, 0) is 16.1 Å². The van der Waals surface area contributed by atoms with Gasteiger partial charge in [-0.1, -0.05) is 0 Å². The first-order valence-corrected chi connectivity index (χ1v) is 10.6. The predicted molar refractivity (Wildman–Crippen MR) is 126 cm³/mol. The molecule has 0 unspecified atom stereocenters. The van der Waals surface area contributed by atoms with Gasteiger partial charge in [0.25, 0.3) is 0 Å². The van der Waals surface area contributed by atoms with Gasteiger partial charge in [-0.25, -0.2) is 9.78 Å². The number of benzene rings is 2. The highest BCUT2D eigenvalue weighted by atomic mass is 16.7. The molecule has 11 heteroatoms. The molecule has 4 rings (SSSR count). The summed E-state index contributed by atoms with van der Waals surface area (Å²) < 4.78 is 26.7. The number of aromatic amines is 1. The van der Waals surface area contributed by atoms with E-state index >= 15 is 0 Å². The third-order valence-electron chi connectivity index (χ3n) is 5.06. The second kappa shape index (κ2) is 9.85. The predicted octanol–water partition coefficient (Wildman–Crippen LogP) is 5.50. The summed E-state index contributed by atoms with van der Waals surface area (Å²) in [6.07, 6.45) is 0.313. The van der Waals surface area contributed by atoms with Crippen molar-refractivity contribution in [2.45, 2.75) is 26.6 Å². The molecule has 0 saturated heterocycles. The Balaban J connectivity index is 1.79. The zero-order valence-corrected chi connectivity index (χ0v) is 19.5. The number of hydrogen-bond donors (Lipinski definition) is 1. The van der Waals surface area contributed by atoms with Crippen molar-refractivity contribution in [3.05, 3.63) is 58.3 Å². The summed E-state index contributed by atoms with van der Waals surface area (Å²) in [5, 5.41) is 13.0. The molecule has 2 heterocycles. The second-order valence-corrected chi connectivity index (χ2v) is 7.81. The van der Waals surface area contributed by atoms with E-state index in [0.29, 0.717) is 28.0 Å². The smallest absolute Gasteiger partial charge is 0.496 e. The van der Waals surface area contributed by atoms with E-state index < -0.39 is 11.1 Å². The van der Waals surface area contributed by atoms with Crippen molar-refractivity contribution in [1.29, 1.82) is 0 Å². The van der Waals surface area contributed by atoms with Crippen LogP contribution in [-0.4, -0.2) is 41.4 Å². The highest BCUT2D eigenvalue weighted by molar-refractivity contribution is 6.09. The molecule has 0 spiro atoms. The van der Waals surface area contributed by atoms with Crippen LogP contribution in [0.5, 0.6) is 23.1 Å².